The van der Waals surface area contributed by atoms with Gasteiger partial charge >= 0.3 is 0 Å². The Morgan fingerprint density at radius 1 is 1.12 bits per heavy atom. The number of hydrogen-bond acceptors (Lipinski definition) is 2. The van der Waals surface area contributed by atoms with E-state index in [1.165, 1.54) is 17.7 Å². The molecule has 0 unspecified atom stereocenters. The van der Waals surface area contributed by atoms with E-state index >= 15 is 0 Å². The number of aromatic nitrogens is 2. The number of nitrogens with zero attached hydrogens (tertiary/aromatic N) is 2. The SMILES string of the molecule is C[C@@H](CNC(=O)c1ccn(-c2ccc(F)cc2)n1)c1ccccc1. The first kappa shape index (κ1) is 15.9. The number of rotatable bonds is 5. The quantitative estimate of drug-likeness (QED) is 0.780. The molecule has 0 spiro atoms. The smallest absolute Gasteiger partial charge is 0.271 e. The molecule has 1 aromatic heterocycles. The number of carbonyl (C=O) groups is 1. The predicted octanol–water partition coefficient (Wildman–Crippen LogP) is 3.54. The number of benzene rings is 2. The fourth-order valence-corrected chi connectivity index (χ4v) is 2.42. The Hall–Kier alpha value is -2.95. The van der Waals surface area contributed by atoms with Crippen LogP contribution in [-0.4, -0.2) is 22.2 Å². The second-order valence-corrected chi connectivity index (χ2v) is 5.64. The van der Waals surface area contributed by atoms with Crippen LogP contribution in [0.15, 0.2) is 66.9 Å². The fraction of sp³-hybridized carbons (Fsp3) is 0.158. The zero-order valence-electron chi connectivity index (χ0n) is 13.3. The molecular formula is C19H18FN3O. The van der Waals surface area contributed by atoms with Crippen LogP contribution in [0.4, 0.5) is 4.39 Å². The lowest BCUT2D eigenvalue weighted by Crippen LogP contribution is -2.28. The van der Waals surface area contributed by atoms with E-state index in [-0.39, 0.29) is 17.6 Å². The summed E-state index contributed by atoms with van der Waals surface area (Å²) in [6.45, 7) is 2.60. The van der Waals surface area contributed by atoms with Crippen LogP contribution in [0.25, 0.3) is 5.69 Å². The normalized spacial score (nSPS) is 11.9. The van der Waals surface area contributed by atoms with E-state index in [0.29, 0.717) is 17.9 Å². The number of amides is 1. The lowest BCUT2D eigenvalue weighted by Gasteiger charge is -2.12. The Bertz CT molecular complexity index is 812. The molecule has 0 fully saturated rings. The van der Waals surface area contributed by atoms with E-state index in [9.17, 15) is 9.18 Å². The van der Waals surface area contributed by atoms with Crippen molar-refractivity contribution in [2.24, 2.45) is 0 Å². The van der Waals surface area contributed by atoms with Gasteiger partial charge in [0, 0.05) is 12.7 Å². The van der Waals surface area contributed by atoms with Crippen molar-refractivity contribution < 1.29 is 9.18 Å². The second-order valence-electron chi connectivity index (χ2n) is 5.64. The maximum atomic E-state index is 13.0. The zero-order chi connectivity index (χ0) is 16.9. The van der Waals surface area contributed by atoms with Crippen LogP contribution < -0.4 is 5.32 Å². The highest BCUT2D eigenvalue weighted by atomic mass is 19.1. The lowest BCUT2D eigenvalue weighted by atomic mass is 10.0. The van der Waals surface area contributed by atoms with Crippen LogP contribution in [0.2, 0.25) is 0 Å². The summed E-state index contributed by atoms with van der Waals surface area (Å²) in [5.41, 5.74) is 2.21. The summed E-state index contributed by atoms with van der Waals surface area (Å²) in [4.78, 5) is 12.2. The highest BCUT2D eigenvalue weighted by Crippen LogP contribution is 2.13. The monoisotopic (exact) mass is 323 g/mol. The topological polar surface area (TPSA) is 46.9 Å². The third kappa shape index (κ3) is 3.68. The third-order valence-corrected chi connectivity index (χ3v) is 3.85. The van der Waals surface area contributed by atoms with Crippen molar-refractivity contribution >= 4 is 5.91 Å². The molecule has 2 aromatic carbocycles. The molecule has 4 nitrogen and oxygen atoms in total. The van der Waals surface area contributed by atoms with Gasteiger partial charge in [0.1, 0.15) is 5.82 Å². The van der Waals surface area contributed by atoms with Gasteiger partial charge in [-0.15, -0.1) is 0 Å². The molecule has 1 atom stereocenters. The minimum absolute atomic E-state index is 0.217. The highest BCUT2D eigenvalue weighted by Gasteiger charge is 2.12. The standard InChI is InChI=1S/C19H18FN3O/c1-14(15-5-3-2-4-6-15)13-21-19(24)18-11-12-23(22-18)17-9-7-16(20)8-10-17/h2-12,14H,13H2,1H3,(H,21,24)/t14-/m0/s1. The molecule has 3 aromatic rings. The van der Waals surface area contributed by atoms with Crippen LogP contribution in [-0.2, 0) is 0 Å². The van der Waals surface area contributed by atoms with E-state index in [0.717, 1.165) is 0 Å². The van der Waals surface area contributed by atoms with Crippen molar-refractivity contribution in [1.82, 2.24) is 15.1 Å². The van der Waals surface area contributed by atoms with E-state index in [1.54, 1.807) is 29.1 Å². The zero-order valence-corrected chi connectivity index (χ0v) is 13.3. The van der Waals surface area contributed by atoms with Crippen LogP contribution in [0, 0.1) is 5.82 Å². The van der Waals surface area contributed by atoms with Crippen LogP contribution >= 0.6 is 0 Å². The first-order valence-corrected chi connectivity index (χ1v) is 7.78. The molecule has 3 rings (SSSR count). The average Bonchev–Trinajstić information content (AvgIpc) is 3.11. The Morgan fingerprint density at radius 3 is 2.54 bits per heavy atom. The molecule has 0 bridgehead atoms. The summed E-state index contributed by atoms with van der Waals surface area (Å²) in [5.74, 6) is -0.313. The summed E-state index contributed by atoms with van der Waals surface area (Å²) in [6, 6.07) is 17.6. The summed E-state index contributed by atoms with van der Waals surface area (Å²) < 4.78 is 14.5. The minimum atomic E-state index is -0.307. The van der Waals surface area contributed by atoms with Crippen LogP contribution in [0.1, 0.15) is 28.9 Å². The fourth-order valence-electron chi connectivity index (χ4n) is 2.42. The molecule has 1 heterocycles. The van der Waals surface area contributed by atoms with Crippen LogP contribution in [0.3, 0.4) is 0 Å². The van der Waals surface area contributed by atoms with Crippen molar-refractivity contribution in [3.8, 4) is 5.69 Å². The predicted molar refractivity (Wildman–Crippen MR) is 90.7 cm³/mol. The molecule has 1 amide bonds. The van der Waals surface area contributed by atoms with E-state index in [2.05, 4.69) is 17.3 Å². The third-order valence-electron chi connectivity index (χ3n) is 3.85. The van der Waals surface area contributed by atoms with E-state index < -0.39 is 0 Å². The summed E-state index contributed by atoms with van der Waals surface area (Å²) in [6.07, 6.45) is 1.68. The lowest BCUT2D eigenvalue weighted by molar-refractivity contribution is 0.0946. The molecular weight excluding hydrogens is 305 g/mol. The molecule has 0 saturated carbocycles. The van der Waals surface area contributed by atoms with Gasteiger partial charge in [0.15, 0.2) is 5.69 Å². The van der Waals surface area contributed by atoms with E-state index in [4.69, 9.17) is 0 Å². The van der Waals surface area contributed by atoms with Gasteiger partial charge in [0.05, 0.1) is 5.69 Å². The summed E-state index contributed by atoms with van der Waals surface area (Å²) in [7, 11) is 0. The van der Waals surface area contributed by atoms with Crippen molar-refractivity contribution in [2.45, 2.75) is 12.8 Å². The Morgan fingerprint density at radius 2 is 1.83 bits per heavy atom. The minimum Gasteiger partial charge on any atom is -0.350 e. The van der Waals surface area contributed by atoms with Crippen molar-refractivity contribution in [3.63, 3.8) is 0 Å². The number of carbonyl (C=O) groups excluding carboxylic acids is 1. The molecule has 0 aliphatic heterocycles. The molecule has 24 heavy (non-hydrogen) atoms. The maximum absolute atomic E-state index is 13.0. The number of nitrogens with one attached hydrogen (secondary N) is 1. The number of hydrogen-bond donors (Lipinski definition) is 1. The maximum Gasteiger partial charge on any atom is 0.271 e. The summed E-state index contributed by atoms with van der Waals surface area (Å²) in [5, 5.41) is 7.14. The van der Waals surface area contributed by atoms with Gasteiger partial charge in [-0.25, -0.2) is 9.07 Å². The summed E-state index contributed by atoms with van der Waals surface area (Å²) >= 11 is 0. The average molecular weight is 323 g/mol. The first-order chi connectivity index (χ1) is 11.6. The van der Waals surface area contributed by atoms with Gasteiger partial charge in [0.25, 0.3) is 5.91 Å². The molecule has 122 valence electrons. The van der Waals surface area contributed by atoms with Gasteiger partial charge in [0.2, 0.25) is 0 Å². The van der Waals surface area contributed by atoms with Gasteiger partial charge in [-0.1, -0.05) is 37.3 Å². The highest BCUT2D eigenvalue weighted by molar-refractivity contribution is 5.92. The first-order valence-electron chi connectivity index (χ1n) is 7.78. The molecule has 5 heteroatoms. The van der Waals surface area contributed by atoms with Crippen molar-refractivity contribution in [3.05, 3.63) is 83.9 Å². The molecule has 0 radical (unpaired) electrons. The molecule has 0 aliphatic carbocycles. The Labute approximate surface area is 139 Å². The van der Waals surface area contributed by atoms with Gasteiger partial charge in [-0.05, 0) is 41.8 Å². The Kier molecular flexibility index (Phi) is 4.70. The Balaban J connectivity index is 1.63. The van der Waals surface area contributed by atoms with Crippen molar-refractivity contribution in [1.29, 1.82) is 0 Å². The van der Waals surface area contributed by atoms with Gasteiger partial charge in [-0.3, -0.25) is 4.79 Å². The molecule has 0 saturated heterocycles. The van der Waals surface area contributed by atoms with Crippen molar-refractivity contribution in [2.75, 3.05) is 6.54 Å². The largest absolute Gasteiger partial charge is 0.350 e. The molecule has 1 N–H and O–H groups in total. The number of halogens is 1. The second kappa shape index (κ2) is 7.08. The van der Waals surface area contributed by atoms with Gasteiger partial charge < -0.3 is 5.32 Å². The van der Waals surface area contributed by atoms with E-state index in [1.807, 2.05) is 30.3 Å². The van der Waals surface area contributed by atoms with Gasteiger partial charge in [-0.2, -0.15) is 5.10 Å². The van der Waals surface area contributed by atoms with Crippen LogP contribution in [0.5, 0.6) is 0 Å². The molecule has 0 aliphatic rings.